The van der Waals surface area contributed by atoms with E-state index in [1.807, 2.05) is 41.8 Å². The number of thiophene rings is 1. The molecule has 0 saturated carbocycles. The summed E-state index contributed by atoms with van der Waals surface area (Å²) in [4.78, 5) is 30.6. The largest absolute Gasteiger partial charge is 0.497 e. The monoisotopic (exact) mass is 382 g/mol. The molecule has 140 valence electrons. The lowest BCUT2D eigenvalue weighted by Gasteiger charge is -2.20. The van der Waals surface area contributed by atoms with Gasteiger partial charge in [-0.15, -0.1) is 11.3 Å². The highest BCUT2D eigenvalue weighted by molar-refractivity contribution is 7.11. The van der Waals surface area contributed by atoms with Gasteiger partial charge in [0.25, 0.3) is 11.8 Å². The molecule has 27 heavy (non-hydrogen) atoms. The van der Waals surface area contributed by atoms with Gasteiger partial charge in [-0.05, 0) is 48.4 Å². The van der Waals surface area contributed by atoms with Crippen LogP contribution in [0.15, 0.2) is 47.5 Å². The summed E-state index contributed by atoms with van der Waals surface area (Å²) in [5.74, 6) is 0.474. The van der Waals surface area contributed by atoms with Gasteiger partial charge >= 0.3 is 0 Å². The molecule has 2 amide bonds. The number of nitrogens with zero attached hydrogens (tertiary/aromatic N) is 2. The van der Waals surface area contributed by atoms with Crippen LogP contribution in [0.3, 0.4) is 0 Å². The molecular weight excluding hydrogens is 360 g/mol. The molecule has 0 spiro atoms. The predicted molar refractivity (Wildman–Crippen MR) is 105 cm³/mol. The topological polar surface area (TPSA) is 49.9 Å². The van der Waals surface area contributed by atoms with Crippen LogP contribution in [0.25, 0.3) is 5.57 Å². The molecule has 6 heteroatoms. The molecule has 1 aromatic carbocycles. The van der Waals surface area contributed by atoms with E-state index in [4.69, 9.17) is 4.74 Å². The summed E-state index contributed by atoms with van der Waals surface area (Å²) in [5.41, 5.74) is 2.24. The summed E-state index contributed by atoms with van der Waals surface area (Å²) in [6, 6.07) is 11.6. The third-order valence-corrected chi connectivity index (χ3v) is 6.00. The minimum absolute atomic E-state index is 0.154. The number of rotatable bonds is 6. The summed E-state index contributed by atoms with van der Waals surface area (Å²) in [6.07, 6.45) is 2.76. The minimum atomic E-state index is -0.169. The van der Waals surface area contributed by atoms with Gasteiger partial charge in [-0.2, -0.15) is 0 Å². The number of hydrogen-bond acceptors (Lipinski definition) is 5. The maximum atomic E-state index is 13.1. The molecule has 0 unspecified atom stereocenters. The molecule has 1 saturated heterocycles. The second-order valence-electron chi connectivity index (χ2n) is 6.76. The van der Waals surface area contributed by atoms with E-state index in [9.17, 15) is 9.59 Å². The van der Waals surface area contributed by atoms with Gasteiger partial charge in [0, 0.05) is 24.5 Å². The van der Waals surface area contributed by atoms with Gasteiger partial charge in [-0.1, -0.05) is 18.2 Å². The zero-order valence-electron chi connectivity index (χ0n) is 15.3. The Morgan fingerprint density at radius 1 is 1.04 bits per heavy atom. The predicted octanol–water partition coefficient (Wildman–Crippen LogP) is 3.18. The number of hydrogen-bond donors (Lipinski definition) is 0. The fourth-order valence-electron chi connectivity index (χ4n) is 3.68. The maximum absolute atomic E-state index is 13.1. The first-order chi connectivity index (χ1) is 13.2. The zero-order chi connectivity index (χ0) is 18.8. The van der Waals surface area contributed by atoms with Crippen molar-refractivity contribution in [3.05, 3.63) is 57.9 Å². The van der Waals surface area contributed by atoms with Gasteiger partial charge in [0.05, 0.1) is 12.7 Å². The van der Waals surface area contributed by atoms with E-state index in [-0.39, 0.29) is 11.8 Å². The van der Waals surface area contributed by atoms with E-state index in [0.29, 0.717) is 24.2 Å². The van der Waals surface area contributed by atoms with E-state index in [0.717, 1.165) is 42.1 Å². The van der Waals surface area contributed by atoms with Crippen molar-refractivity contribution >= 4 is 28.7 Å². The minimum Gasteiger partial charge on any atom is -0.497 e. The van der Waals surface area contributed by atoms with E-state index < -0.39 is 0 Å². The van der Waals surface area contributed by atoms with Crippen LogP contribution in [0.4, 0.5) is 0 Å². The van der Waals surface area contributed by atoms with Crippen LogP contribution in [-0.2, 0) is 16.0 Å². The lowest BCUT2D eigenvalue weighted by atomic mass is 10.1. The Kier molecular flexibility index (Phi) is 4.99. The molecular formula is C21H22N2O3S. The quantitative estimate of drug-likeness (QED) is 0.720. The van der Waals surface area contributed by atoms with Crippen molar-refractivity contribution in [1.29, 1.82) is 0 Å². The van der Waals surface area contributed by atoms with Crippen molar-refractivity contribution in [2.24, 2.45) is 0 Å². The zero-order valence-corrected chi connectivity index (χ0v) is 16.1. The molecule has 1 fully saturated rings. The Morgan fingerprint density at radius 2 is 1.78 bits per heavy atom. The number of carbonyl (C=O) groups is 2. The molecule has 0 N–H and O–H groups in total. The number of methoxy groups -OCH3 is 1. The first-order valence-electron chi connectivity index (χ1n) is 9.21. The van der Waals surface area contributed by atoms with Crippen LogP contribution < -0.4 is 4.74 Å². The number of likely N-dealkylation sites (tertiary alicyclic amines) is 1. The summed E-state index contributed by atoms with van der Waals surface area (Å²) >= 11 is 1.51. The number of ether oxygens (including phenoxy) is 1. The average Bonchev–Trinajstić information content (AvgIpc) is 3.43. The Balaban J connectivity index is 1.56. The van der Waals surface area contributed by atoms with Gasteiger partial charge in [-0.25, -0.2) is 0 Å². The van der Waals surface area contributed by atoms with Crippen molar-refractivity contribution < 1.29 is 14.3 Å². The fourth-order valence-corrected chi connectivity index (χ4v) is 4.44. The summed E-state index contributed by atoms with van der Waals surface area (Å²) in [5, 5.41) is 1.95. The Morgan fingerprint density at radius 3 is 2.41 bits per heavy atom. The van der Waals surface area contributed by atoms with Gasteiger partial charge in [0.2, 0.25) is 0 Å². The molecule has 2 aliphatic rings. The normalized spacial score (nSPS) is 17.4. The Hall–Kier alpha value is -2.60. The highest BCUT2D eigenvalue weighted by Crippen LogP contribution is 2.35. The van der Waals surface area contributed by atoms with Crippen molar-refractivity contribution in [1.82, 2.24) is 9.80 Å². The van der Waals surface area contributed by atoms with E-state index >= 15 is 0 Å². The molecule has 0 atom stereocenters. The first kappa shape index (κ1) is 17.8. The standard InChI is InChI=1S/C21H22N2O3S/c1-26-16-8-6-15(7-9-16)10-13-23-20(24)18(17-5-4-14-27-17)19(21(23)25)22-11-2-3-12-22/h4-9,14H,2-3,10-13H2,1H3. The van der Waals surface area contributed by atoms with Crippen molar-refractivity contribution in [2.45, 2.75) is 19.3 Å². The van der Waals surface area contributed by atoms with E-state index in [1.54, 1.807) is 7.11 Å². The third-order valence-electron chi connectivity index (χ3n) is 5.12. The van der Waals surface area contributed by atoms with E-state index in [2.05, 4.69) is 4.90 Å². The van der Waals surface area contributed by atoms with Crippen molar-refractivity contribution in [2.75, 3.05) is 26.7 Å². The smallest absolute Gasteiger partial charge is 0.277 e. The molecule has 1 aromatic heterocycles. The maximum Gasteiger partial charge on any atom is 0.277 e. The second kappa shape index (κ2) is 7.56. The molecule has 2 aliphatic heterocycles. The Labute approximate surface area is 162 Å². The van der Waals surface area contributed by atoms with Crippen LogP contribution in [-0.4, -0.2) is 48.4 Å². The van der Waals surface area contributed by atoms with Crippen LogP contribution in [0.2, 0.25) is 0 Å². The number of imide groups is 1. The highest BCUT2D eigenvalue weighted by atomic mass is 32.1. The van der Waals surface area contributed by atoms with Gasteiger partial charge in [0.15, 0.2) is 0 Å². The van der Waals surface area contributed by atoms with E-state index in [1.165, 1.54) is 16.2 Å². The number of amides is 2. The molecule has 0 bridgehead atoms. The van der Waals surface area contributed by atoms with Gasteiger partial charge in [-0.3, -0.25) is 14.5 Å². The SMILES string of the molecule is COc1ccc(CCN2C(=O)C(c3cccs3)=C(N3CCCC3)C2=O)cc1. The average molecular weight is 382 g/mol. The Bertz CT molecular complexity index is 865. The molecule has 0 radical (unpaired) electrons. The summed E-state index contributed by atoms with van der Waals surface area (Å²) < 4.78 is 5.18. The highest BCUT2D eigenvalue weighted by Gasteiger charge is 2.42. The first-order valence-corrected chi connectivity index (χ1v) is 10.1. The molecule has 3 heterocycles. The summed E-state index contributed by atoms with van der Waals surface area (Å²) in [7, 11) is 1.63. The lowest BCUT2D eigenvalue weighted by molar-refractivity contribution is -0.137. The van der Waals surface area contributed by atoms with Crippen molar-refractivity contribution in [3.63, 3.8) is 0 Å². The number of benzene rings is 1. The molecule has 2 aromatic rings. The molecule has 0 aliphatic carbocycles. The fraction of sp³-hybridized carbons (Fsp3) is 0.333. The second-order valence-corrected chi connectivity index (χ2v) is 7.70. The van der Waals surface area contributed by atoms with Crippen LogP contribution >= 0.6 is 11.3 Å². The molecule has 5 nitrogen and oxygen atoms in total. The van der Waals surface area contributed by atoms with Crippen LogP contribution in [0, 0.1) is 0 Å². The summed E-state index contributed by atoms with van der Waals surface area (Å²) in [6.45, 7) is 2.07. The van der Waals surface area contributed by atoms with Gasteiger partial charge < -0.3 is 9.64 Å². The van der Waals surface area contributed by atoms with Crippen LogP contribution in [0.5, 0.6) is 5.75 Å². The number of carbonyl (C=O) groups excluding carboxylic acids is 2. The van der Waals surface area contributed by atoms with Gasteiger partial charge in [0.1, 0.15) is 11.4 Å². The van der Waals surface area contributed by atoms with Crippen LogP contribution in [0.1, 0.15) is 23.3 Å². The lowest BCUT2D eigenvalue weighted by Crippen LogP contribution is -2.36. The molecule has 4 rings (SSSR count). The third kappa shape index (κ3) is 3.37. The van der Waals surface area contributed by atoms with Crippen molar-refractivity contribution in [3.8, 4) is 5.75 Å².